The van der Waals surface area contributed by atoms with E-state index in [1.807, 2.05) is 0 Å². The van der Waals surface area contributed by atoms with Gasteiger partial charge in [0.05, 0.1) is 6.61 Å². The van der Waals surface area contributed by atoms with Gasteiger partial charge in [-0.15, -0.1) is 0 Å². The maximum absolute atomic E-state index is 11.7. The lowest BCUT2D eigenvalue weighted by Crippen LogP contribution is -2.23. The highest BCUT2D eigenvalue weighted by Crippen LogP contribution is 2.39. The smallest absolute Gasteiger partial charge is 0.313 e. The van der Waals surface area contributed by atoms with Crippen molar-refractivity contribution in [3.63, 3.8) is 0 Å². The third kappa shape index (κ3) is 5.33. The zero-order valence-electron chi connectivity index (χ0n) is 11.3. The van der Waals surface area contributed by atoms with Crippen LogP contribution in [0.25, 0.3) is 0 Å². The van der Waals surface area contributed by atoms with Crippen molar-refractivity contribution >= 4 is 11.8 Å². The fourth-order valence-corrected chi connectivity index (χ4v) is 2.43. The van der Waals surface area contributed by atoms with Gasteiger partial charge in [0.2, 0.25) is 0 Å². The summed E-state index contributed by atoms with van der Waals surface area (Å²) in [5, 5.41) is 0. The van der Waals surface area contributed by atoms with Gasteiger partial charge in [-0.2, -0.15) is 0 Å². The van der Waals surface area contributed by atoms with Gasteiger partial charge in [0.1, 0.15) is 12.2 Å². The van der Waals surface area contributed by atoms with Crippen molar-refractivity contribution in [2.45, 2.75) is 59.3 Å². The minimum absolute atomic E-state index is 0.0353. The lowest BCUT2D eigenvalue weighted by atomic mass is 9.72. The molecule has 0 heterocycles. The second kappa shape index (κ2) is 6.18. The van der Waals surface area contributed by atoms with Crippen molar-refractivity contribution < 1.29 is 14.3 Å². The molecule has 3 nitrogen and oxygen atoms in total. The first kappa shape index (κ1) is 14.2. The Bertz CT molecular complexity index is 271. The van der Waals surface area contributed by atoms with Gasteiger partial charge in [0, 0.05) is 6.42 Å². The predicted molar refractivity (Wildman–Crippen MR) is 66.6 cm³/mol. The summed E-state index contributed by atoms with van der Waals surface area (Å²) in [6.07, 6.45) is 5.10. The minimum atomic E-state index is -0.381. The third-order valence-electron chi connectivity index (χ3n) is 3.62. The molecule has 0 aliphatic heterocycles. The number of Topliss-reactive ketones (excluding diaryl/α,β-unsaturated/α-hetero) is 1. The van der Waals surface area contributed by atoms with Gasteiger partial charge in [-0.25, -0.2) is 0 Å². The van der Waals surface area contributed by atoms with Crippen LogP contribution in [0, 0.1) is 11.3 Å². The molecular formula is C14H24O3. The number of hydrogen-bond donors (Lipinski definition) is 0. The van der Waals surface area contributed by atoms with Crippen LogP contribution in [0.3, 0.4) is 0 Å². The van der Waals surface area contributed by atoms with E-state index >= 15 is 0 Å². The van der Waals surface area contributed by atoms with Crippen molar-refractivity contribution in [3.8, 4) is 0 Å². The Morgan fingerprint density at radius 3 is 2.35 bits per heavy atom. The molecule has 0 unspecified atom stereocenters. The highest BCUT2D eigenvalue weighted by Gasteiger charge is 2.28. The van der Waals surface area contributed by atoms with E-state index in [-0.39, 0.29) is 18.2 Å². The van der Waals surface area contributed by atoms with E-state index in [2.05, 4.69) is 13.8 Å². The molecular weight excluding hydrogens is 216 g/mol. The van der Waals surface area contributed by atoms with Crippen LogP contribution in [0.4, 0.5) is 0 Å². The molecule has 1 aliphatic rings. The number of ketones is 1. The van der Waals surface area contributed by atoms with E-state index < -0.39 is 0 Å². The van der Waals surface area contributed by atoms with E-state index in [0.717, 1.165) is 12.8 Å². The molecule has 0 atom stereocenters. The zero-order chi connectivity index (χ0) is 12.9. The highest BCUT2D eigenvalue weighted by atomic mass is 16.5. The molecule has 0 spiro atoms. The van der Waals surface area contributed by atoms with Crippen molar-refractivity contribution in [1.29, 1.82) is 0 Å². The number of rotatable bonds is 5. The molecule has 0 aromatic carbocycles. The average molecular weight is 240 g/mol. The van der Waals surface area contributed by atoms with Crippen LogP contribution in [-0.2, 0) is 14.3 Å². The first-order chi connectivity index (χ1) is 7.93. The molecule has 0 radical (unpaired) electrons. The van der Waals surface area contributed by atoms with E-state index in [1.165, 1.54) is 12.8 Å². The molecule has 0 bridgehead atoms. The normalized spacial score (nSPS) is 19.9. The van der Waals surface area contributed by atoms with Crippen LogP contribution in [0.15, 0.2) is 0 Å². The topological polar surface area (TPSA) is 43.4 Å². The van der Waals surface area contributed by atoms with Gasteiger partial charge in [-0.05, 0) is 43.9 Å². The van der Waals surface area contributed by atoms with Crippen LogP contribution < -0.4 is 0 Å². The first-order valence-electron chi connectivity index (χ1n) is 6.60. The van der Waals surface area contributed by atoms with E-state index in [0.29, 0.717) is 24.4 Å². The molecule has 0 amide bonds. The Balaban J connectivity index is 2.26. The summed E-state index contributed by atoms with van der Waals surface area (Å²) in [6, 6.07) is 0. The molecule has 17 heavy (non-hydrogen) atoms. The summed E-state index contributed by atoms with van der Waals surface area (Å²) in [5.74, 6) is 0.131. The molecule has 1 fully saturated rings. The fraction of sp³-hybridized carbons (Fsp3) is 0.857. The molecule has 0 saturated heterocycles. The van der Waals surface area contributed by atoms with Gasteiger partial charge in [0.25, 0.3) is 0 Å². The maximum atomic E-state index is 11.7. The predicted octanol–water partition coefficient (Wildman–Crippen LogP) is 3.12. The minimum Gasteiger partial charge on any atom is -0.466 e. The number of carbonyl (C=O) groups excluding carboxylic acids is 2. The summed E-state index contributed by atoms with van der Waals surface area (Å²) in [7, 11) is 0. The van der Waals surface area contributed by atoms with Crippen LogP contribution in [0.2, 0.25) is 0 Å². The summed E-state index contributed by atoms with van der Waals surface area (Å²) in [4.78, 5) is 22.8. The monoisotopic (exact) mass is 240 g/mol. The summed E-state index contributed by atoms with van der Waals surface area (Å²) >= 11 is 0. The van der Waals surface area contributed by atoms with E-state index in [9.17, 15) is 9.59 Å². The molecule has 1 aliphatic carbocycles. The molecule has 98 valence electrons. The number of esters is 1. The number of carbonyl (C=O) groups is 2. The number of ether oxygens (including phenoxy) is 1. The molecule has 1 rings (SSSR count). The molecule has 3 heteroatoms. The quantitative estimate of drug-likeness (QED) is 0.548. The van der Waals surface area contributed by atoms with Crippen LogP contribution in [0.1, 0.15) is 59.3 Å². The first-order valence-corrected chi connectivity index (χ1v) is 6.60. The van der Waals surface area contributed by atoms with Gasteiger partial charge in [-0.1, -0.05) is 13.8 Å². The average Bonchev–Trinajstić information content (AvgIpc) is 2.21. The van der Waals surface area contributed by atoms with Crippen LogP contribution in [-0.4, -0.2) is 18.4 Å². The van der Waals surface area contributed by atoms with Crippen molar-refractivity contribution in [2.75, 3.05) is 6.61 Å². The lowest BCUT2D eigenvalue weighted by Gasteiger charge is -2.34. The van der Waals surface area contributed by atoms with Gasteiger partial charge in [-0.3, -0.25) is 9.59 Å². The summed E-state index contributed by atoms with van der Waals surface area (Å²) in [5.41, 5.74) is 0.431. The molecule has 0 aromatic heterocycles. The summed E-state index contributed by atoms with van der Waals surface area (Å²) < 4.78 is 4.78. The Kier molecular flexibility index (Phi) is 5.16. The highest BCUT2D eigenvalue weighted by molar-refractivity contribution is 5.95. The third-order valence-corrected chi connectivity index (χ3v) is 3.62. The van der Waals surface area contributed by atoms with E-state index in [4.69, 9.17) is 4.74 Å². The maximum Gasteiger partial charge on any atom is 0.313 e. The largest absolute Gasteiger partial charge is 0.466 e. The van der Waals surface area contributed by atoms with Gasteiger partial charge < -0.3 is 4.74 Å². The van der Waals surface area contributed by atoms with Crippen molar-refractivity contribution in [2.24, 2.45) is 11.3 Å². The molecule has 0 aromatic rings. The van der Waals surface area contributed by atoms with Crippen molar-refractivity contribution in [3.05, 3.63) is 0 Å². The SMILES string of the molecule is CCOC(=O)CC(=O)CC1CCC(C)(C)CC1. The number of hydrogen-bond acceptors (Lipinski definition) is 3. The van der Waals surface area contributed by atoms with Gasteiger partial charge in [0.15, 0.2) is 0 Å². The van der Waals surface area contributed by atoms with Crippen LogP contribution in [0.5, 0.6) is 0 Å². The Labute approximate surface area is 104 Å². The van der Waals surface area contributed by atoms with Gasteiger partial charge >= 0.3 is 5.97 Å². The Hall–Kier alpha value is -0.860. The summed E-state index contributed by atoms with van der Waals surface area (Å²) in [6.45, 7) is 6.67. The van der Waals surface area contributed by atoms with E-state index in [1.54, 1.807) is 6.92 Å². The lowest BCUT2D eigenvalue weighted by molar-refractivity contribution is -0.145. The standard InChI is InChI=1S/C14H24O3/c1-4-17-13(16)10-12(15)9-11-5-7-14(2,3)8-6-11/h11H,4-10H2,1-3H3. The molecule has 0 N–H and O–H groups in total. The van der Waals surface area contributed by atoms with Crippen LogP contribution >= 0.6 is 0 Å². The Morgan fingerprint density at radius 2 is 1.82 bits per heavy atom. The molecule has 1 saturated carbocycles. The fourth-order valence-electron chi connectivity index (χ4n) is 2.43. The Morgan fingerprint density at radius 1 is 1.24 bits per heavy atom. The second-order valence-corrected chi connectivity index (χ2v) is 5.83. The zero-order valence-corrected chi connectivity index (χ0v) is 11.3. The van der Waals surface area contributed by atoms with Crippen molar-refractivity contribution in [1.82, 2.24) is 0 Å². The second-order valence-electron chi connectivity index (χ2n) is 5.83.